The molecule has 2 saturated carbocycles. The molecule has 0 radical (unpaired) electrons. The number of rotatable bonds is 4. The minimum atomic E-state index is -0.0608. The highest BCUT2D eigenvalue weighted by atomic mass is 16.3. The lowest BCUT2D eigenvalue weighted by molar-refractivity contribution is 0.0583. The van der Waals surface area contributed by atoms with Gasteiger partial charge in [0.2, 0.25) is 0 Å². The Balaban J connectivity index is 1.82. The Morgan fingerprint density at radius 1 is 1.13 bits per heavy atom. The quantitative estimate of drug-likeness (QED) is 0.753. The predicted molar refractivity (Wildman–Crippen MR) is 63.6 cm³/mol. The van der Waals surface area contributed by atoms with Gasteiger partial charge in [-0.1, -0.05) is 27.2 Å². The molecule has 0 amide bonds. The molecule has 2 bridgehead atoms. The van der Waals surface area contributed by atoms with E-state index in [1.807, 2.05) is 0 Å². The van der Waals surface area contributed by atoms with E-state index in [1.165, 1.54) is 25.7 Å². The van der Waals surface area contributed by atoms with Gasteiger partial charge in [0.25, 0.3) is 0 Å². The largest absolute Gasteiger partial charge is 0.393 e. The summed E-state index contributed by atoms with van der Waals surface area (Å²) in [6.07, 6.45) is 6.80. The van der Waals surface area contributed by atoms with Crippen molar-refractivity contribution in [3.63, 3.8) is 0 Å². The number of hydrogen-bond donors (Lipinski definition) is 1. The topological polar surface area (TPSA) is 20.2 Å². The van der Waals surface area contributed by atoms with E-state index in [9.17, 15) is 5.11 Å². The Kier molecular flexibility index (Phi) is 3.39. The molecule has 5 atom stereocenters. The van der Waals surface area contributed by atoms with Crippen molar-refractivity contribution in [3.05, 3.63) is 0 Å². The molecule has 1 nitrogen and oxygen atoms in total. The molecule has 0 heterocycles. The molecular weight excluding hydrogens is 184 g/mol. The van der Waals surface area contributed by atoms with Crippen LogP contribution in [0, 0.1) is 29.6 Å². The Morgan fingerprint density at radius 3 is 2.33 bits per heavy atom. The van der Waals surface area contributed by atoms with Gasteiger partial charge in [0.1, 0.15) is 0 Å². The zero-order valence-electron chi connectivity index (χ0n) is 10.4. The van der Waals surface area contributed by atoms with Gasteiger partial charge in [-0.3, -0.25) is 0 Å². The molecule has 15 heavy (non-hydrogen) atoms. The standard InChI is InChI=1S/C14H26O/c1-9(2)10(3)14(15)8-13-7-11-4-5-12(13)6-11/h9-15H,4-8H2,1-3H3. The van der Waals surface area contributed by atoms with Crippen LogP contribution in [0.25, 0.3) is 0 Å². The molecule has 0 aromatic heterocycles. The Morgan fingerprint density at radius 2 is 1.87 bits per heavy atom. The van der Waals surface area contributed by atoms with Gasteiger partial charge in [-0.05, 0) is 55.3 Å². The average Bonchev–Trinajstić information content (AvgIpc) is 2.77. The maximum absolute atomic E-state index is 10.2. The van der Waals surface area contributed by atoms with Gasteiger partial charge < -0.3 is 5.11 Å². The second-order valence-electron chi connectivity index (χ2n) is 6.34. The molecule has 0 saturated heterocycles. The molecule has 1 N–H and O–H groups in total. The van der Waals surface area contributed by atoms with Gasteiger partial charge in [-0.25, -0.2) is 0 Å². The number of aliphatic hydroxyl groups excluding tert-OH is 1. The van der Waals surface area contributed by atoms with E-state index in [0.29, 0.717) is 11.8 Å². The van der Waals surface area contributed by atoms with Crippen LogP contribution in [0.3, 0.4) is 0 Å². The summed E-state index contributed by atoms with van der Waals surface area (Å²) in [5.74, 6) is 3.90. The van der Waals surface area contributed by atoms with E-state index < -0.39 is 0 Å². The van der Waals surface area contributed by atoms with Crippen LogP contribution in [-0.2, 0) is 0 Å². The van der Waals surface area contributed by atoms with E-state index in [4.69, 9.17) is 0 Å². The van der Waals surface area contributed by atoms with Gasteiger partial charge in [-0.2, -0.15) is 0 Å². The highest BCUT2D eigenvalue weighted by molar-refractivity contribution is 4.91. The zero-order chi connectivity index (χ0) is 11.0. The molecule has 88 valence electrons. The molecule has 5 unspecified atom stereocenters. The highest BCUT2D eigenvalue weighted by Crippen LogP contribution is 2.50. The van der Waals surface area contributed by atoms with Gasteiger partial charge in [0.15, 0.2) is 0 Å². The summed E-state index contributed by atoms with van der Waals surface area (Å²) >= 11 is 0. The first-order chi connectivity index (χ1) is 7.08. The fourth-order valence-corrected chi connectivity index (χ4v) is 3.63. The molecule has 0 spiro atoms. The molecule has 2 rings (SSSR count). The van der Waals surface area contributed by atoms with Crippen LogP contribution in [0.4, 0.5) is 0 Å². The molecule has 0 aliphatic heterocycles. The second kappa shape index (κ2) is 4.45. The van der Waals surface area contributed by atoms with Crippen molar-refractivity contribution in [2.75, 3.05) is 0 Å². The summed E-state index contributed by atoms with van der Waals surface area (Å²) in [6, 6.07) is 0. The maximum atomic E-state index is 10.2. The van der Waals surface area contributed by atoms with E-state index in [2.05, 4.69) is 20.8 Å². The second-order valence-corrected chi connectivity index (χ2v) is 6.34. The lowest BCUT2D eigenvalue weighted by atomic mass is 9.80. The third kappa shape index (κ3) is 2.38. The molecule has 0 aromatic carbocycles. The van der Waals surface area contributed by atoms with Gasteiger partial charge in [0, 0.05) is 0 Å². The Bertz CT molecular complexity index is 211. The monoisotopic (exact) mass is 210 g/mol. The van der Waals surface area contributed by atoms with Crippen molar-refractivity contribution in [3.8, 4) is 0 Å². The Hall–Kier alpha value is -0.0400. The fraction of sp³-hybridized carbons (Fsp3) is 1.00. The summed E-state index contributed by atoms with van der Waals surface area (Å²) in [5.41, 5.74) is 0. The number of hydrogen-bond acceptors (Lipinski definition) is 1. The van der Waals surface area contributed by atoms with Crippen molar-refractivity contribution in [2.24, 2.45) is 29.6 Å². The van der Waals surface area contributed by atoms with Crippen molar-refractivity contribution < 1.29 is 5.11 Å². The summed E-state index contributed by atoms with van der Waals surface area (Å²) in [4.78, 5) is 0. The normalized spacial score (nSPS) is 38.6. The molecule has 2 aliphatic carbocycles. The fourth-order valence-electron chi connectivity index (χ4n) is 3.63. The smallest absolute Gasteiger partial charge is 0.0570 e. The van der Waals surface area contributed by atoms with Gasteiger partial charge in [-0.15, -0.1) is 0 Å². The summed E-state index contributed by atoms with van der Waals surface area (Å²) in [6.45, 7) is 6.63. The average molecular weight is 210 g/mol. The van der Waals surface area contributed by atoms with Crippen LogP contribution < -0.4 is 0 Å². The minimum absolute atomic E-state index is 0.0608. The molecule has 0 aromatic rings. The Labute approximate surface area is 94.3 Å². The van der Waals surface area contributed by atoms with Crippen LogP contribution in [0.2, 0.25) is 0 Å². The van der Waals surface area contributed by atoms with Gasteiger partial charge >= 0.3 is 0 Å². The molecular formula is C14H26O. The zero-order valence-corrected chi connectivity index (χ0v) is 10.4. The summed E-state index contributed by atoms with van der Waals surface area (Å²) in [5, 5.41) is 10.2. The summed E-state index contributed by atoms with van der Waals surface area (Å²) in [7, 11) is 0. The van der Waals surface area contributed by atoms with Crippen molar-refractivity contribution in [1.29, 1.82) is 0 Å². The van der Waals surface area contributed by atoms with Crippen molar-refractivity contribution >= 4 is 0 Å². The van der Waals surface area contributed by atoms with Crippen LogP contribution in [0.1, 0.15) is 52.9 Å². The van der Waals surface area contributed by atoms with E-state index in [1.54, 1.807) is 0 Å². The summed E-state index contributed by atoms with van der Waals surface area (Å²) < 4.78 is 0. The molecule has 2 aliphatic rings. The molecule has 1 heteroatoms. The predicted octanol–water partition coefficient (Wildman–Crippen LogP) is 3.47. The first-order valence-electron chi connectivity index (χ1n) is 6.76. The van der Waals surface area contributed by atoms with E-state index in [-0.39, 0.29) is 6.10 Å². The van der Waals surface area contributed by atoms with Crippen LogP contribution in [0.5, 0.6) is 0 Å². The minimum Gasteiger partial charge on any atom is -0.393 e. The number of fused-ring (bicyclic) bond motifs is 2. The van der Waals surface area contributed by atoms with E-state index >= 15 is 0 Å². The third-order valence-corrected chi connectivity index (χ3v) is 5.09. The van der Waals surface area contributed by atoms with Crippen LogP contribution in [-0.4, -0.2) is 11.2 Å². The van der Waals surface area contributed by atoms with Crippen LogP contribution in [0.15, 0.2) is 0 Å². The first-order valence-corrected chi connectivity index (χ1v) is 6.76. The SMILES string of the molecule is CC(C)C(C)C(O)CC1CC2CCC1C2. The highest BCUT2D eigenvalue weighted by Gasteiger charge is 2.40. The van der Waals surface area contributed by atoms with Gasteiger partial charge in [0.05, 0.1) is 6.10 Å². The third-order valence-electron chi connectivity index (χ3n) is 5.09. The van der Waals surface area contributed by atoms with Crippen molar-refractivity contribution in [1.82, 2.24) is 0 Å². The maximum Gasteiger partial charge on any atom is 0.0570 e. The lowest BCUT2D eigenvalue weighted by Gasteiger charge is -2.28. The van der Waals surface area contributed by atoms with Crippen molar-refractivity contribution in [2.45, 2.75) is 59.0 Å². The lowest BCUT2D eigenvalue weighted by Crippen LogP contribution is -2.27. The molecule has 2 fully saturated rings. The number of aliphatic hydroxyl groups is 1. The van der Waals surface area contributed by atoms with Crippen LogP contribution >= 0.6 is 0 Å². The first kappa shape index (κ1) is 11.4. The van der Waals surface area contributed by atoms with E-state index in [0.717, 1.165) is 24.2 Å².